The van der Waals surface area contributed by atoms with Crippen LogP contribution in [0.2, 0.25) is 10.0 Å². The molecule has 0 saturated heterocycles. The summed E-state index contributed by atoms with van der Waals surface area (Å²) in [5, 5.41) is 5.95. The van der Waals surface area contributed by atoms with Gasteiger partial charge in [-0.3, -0.25) is 9.59 Å². The molecule has 22 heavy (non-hydrogen) atoms. The topological polar surface area (TPSA) is 58.2 Å². The molecule has 2 amide bonds. The Morgan fingerprint density at radius 3 is 2.41 bits per heavy atom. The molecule has 0 bridgehead atoms. The standard InChI is InChI=1S/C15H11BrCl2N2O2/c16-10-3-1-9(2-4-10)15(22)19-8-14(21)20-13-7-11(17)5-6-12(13)18/h1-7H,8H2,(H,19,22)(H,20,21). The van der Waals surface area contributed by atoms with Gasteiger partial charge in [0.2, 0.25) is 5.91 Å². The number of nitrogens with one attached hydrogen (secondary N) is 2. The molecule has 0 spiro atoms. The average Bonchev–Trinajstić information content (AvgIpc) is 2.49. The molecule has 0 fully saturated rings. The predicted molar refractivity (Wildman–Crippen MR) is 91.6 cm³/mol. The zero-order chi connectivity index (χ0) is 16.1. The van der Waals surface area contributed by atoms with Gasteiger partial charge in [0, 0.05) is 15.1 Å². The summed E-state index contributed by atoms with van der Waals surface area (Å²) in [6.07, 6.45) is 0. The Hall–Kier alpha value is -1.56. The van der Waals surface area contributed by atoms with E-state index >= 15 is 0 Å². The van der Waals surface area contributed by atoms with Crippen molar-refractivity contribution in [1.82, 2.24) is 5.32 Å². The zero-order valence-electron chi connectivity index (χ0n) is 11.2. The summed E-state index contributed by atoms with van der Waals surface area (Å²) in [6, 6.07) is 11.6. The Bertz CT molecular complexity index is 705. The maximum absolute atomic E-state index is 11.9. The van der Waals surface area contributed by atoms with Crippen molar-refractivity contribution in [1.29, 1.82) is 0 Å². The Labute approximate surface area is 145 Å². The van der Waals surface area contributed by atoms with Crippen LogP contribution >= 0.6 is 39.1 Å². The zero-order valence-corrected chi connectivity index (χ0v) is 14.3. The molecule has 0 saturated carbocycles. The summed E-state index contributed by atoms with van der Waals surface area (Å²) < 4.78 is 0.873. The Kier molecular flexibility index (Phi) is 5.83. The van der Waals surface area contributed by atoms with Gasteiger partial charge in [0.1, 0.15) is 0 Å². The van der Waals surface area contributed by atoms with Gasteiger partial charge in [-0.2, -0.15) is 0 Å². The van der Waals surface area contributed by atoms with Crippen molar-refractivity contribution in [2.24, 2.45) is 0 Å². The van der Waals surface area contributed by atoms with Crippen molar-refractivity contribution < 1.29 is 9.59 Å². The third-order valence-corrected chi connectivity index (χ3v) is 3.81. The van der Waals surface area contributed by atoms with Crippen molar-refractivity contribution in [3.8, 4) is 0 Å². The Morgan fingerprint density at radius 2 is 1.73 bits per heavy atom. The second-order valence-electron chi connectivity index (χ2n) is 4.36. The fourth-order valence-corrected chi connectivity index (χ4v) is 2.25. The normalized spacial score (nSPS) is 10.1. The second kappa shape index (κ2) is 7.63. The van der Waals surface area contributed by atoms with Crippen LogP contribution in [0.3, 0.4) is 0 Å². The van der Waals surface area contributed by atoms with E-state index in [2.05, 4.69) is 26.6 Å². The maximum atomic E-state index is 11.9. The first-order chi connectivity index (χ1) is 10.5. The minimum absolute atomic E-state index is 0.169. The van der Waals surface area contributed by atoms with Crippen molar-refractivity contribution >= 4 is 56.6 Å². The van der Waals surface area contributed by atoms with Crippen molar-refractivity contribution in [2.45, 2.75) is 0 Å². The highest BCUT2D eigenvalue weighted by Gasteiger charge is 2.10. The Morgan fingerprint density at radius 1 is 1.05 bits per heavy atom. The van der Waals surface area contributed by atoms with Gasteiger partial charge in [-0.25, -0.2) is 0 Å². The summed E-state index contributed by atoms with van der Waals surface area (Å²) in [5.41, 5.74) is 0.869. The first kappa shape index (κ1) is 16.8. The summed E-state index contributed by atoms with van der Waals surface area (Å²) in [4.78, 5) is 23.7. The molecule has 2 N–H and O–H groups in total. The molecule has 4 nitrogen and oxygen atoms in total. The van der Waals surface area contributed by atoms with Gasteiger partial charge in [-0.05, 0) is 42.5 Å². The maximum Gasteiger partial charge on any atom is 0.251 e. The minimum Gasteiger partial charge on any atom is -0.343 e. The quantitative estimate of drug-likeness (QED) is 0.809. The van der Waals surface area contributed by atoms with Crippen LogP contribution < -0.4 is 10.6 Å². The van der Waals surface area contributed by atoms with E-state index in [0.717, 1.165) is 4.47 Å². The smallest absolute Gasteiger partial charge is 0.251 e. The van der Waals surface area contributed by atoms with Crippen LogP contribution in [0.25, 0.3) is 0 Å². The molecule has 0 atom stereocenters. The third kappa shape index (κ3) is 4.73. The minimum atomic E-state index is -0.394. The van der Waals surface area contributed by atoms with E-state index < -0.39 is 5.91 Å². The van der Waals surface area contributed by atoms with Crippen LogP contribution in [0, 0.1) is 0 Å². The lowest BCUT2D eigenvalue weighted by Crippen LogP contribution is -2.32. The number of hydrogen-bond donors (Lipinski definition) is 2. The van der Waals surface area contributed by atoms with Gasteiger partial charge in [-0.15, -0.1) is 0 Å². The first-order valence-corrected chi connectivity index (χ1v) is 7.79. The molecule has 0 radical (unpaired) electrons. The second-order valence-corrected chi connectivity index (χ2v) is 6.12. The van der Waals surface area contributed by atoms with Crippen LogP contribution in [0.1, 0.15) is 10.4 Å². The molecule has 2 aromatic carbocycles. The highest BCUT2D eigenvalue weighted by atomic mass is 79.9. The third-order valence-electron chi connectivity index (χ3n) is 2.72. The van der Waals surface area contributed by atoms with E-state index in [1.165, 1.54) is 0 Å². The van der Waals surface area contributed by atoms with Crippen LogP contribution in [-0.2, 0) is 4.79 Å². The van der Waals surface area contributed by atoms with Gasteiger partial charge in [0.25, 0.3) is 5.91 Å². The molecular weight excluding hydrogens is 391 g/mol. The average molecular weight is 402 g/mol. The number of benzene rings is 2. The van der Waals surface area contributed by atoms with E-state index in [4.69, 9.17) is 23.2 Å². The van der Waals surface area contributed by atoms with E-state index in [9.17, 15) is 9.59 Å². The molecular formula is C15H11BrCl2N2O2. The fraction of sp³-hybridized carbons (Fsp3) is 0.0667. The largest absolute Gasteiger partial charge is 0.343 e. The molecule has 2 rings (SSSR count). The van der Waals surface area contributed by atoms with E-state index in [1.54, 1.807) is 42.5 Å². The highest BCUT2D eigenvalue weighted by molar-refractivity contribution is 9.10. The number of amides is 2. The van der Waals surface area contributed by atoms with Crippen LogP contribution in [0.15, 0.2) is 46.9 Å². The van der Waals surface area contributed by atoms with E-state index in [1.807, 2.05) is 0 Å². The molecule has 0 aliphatic rings. The lowest BCUT2D eigenvalue weighted by atomic mass is 10.2. The number of carbonyl (C=O) groups excluding carboxylic acids is 2. The molecule has 0 aliphatic carbocycles. The van der Waals surface area contributed by atoms with Gasteiger partial charge in [0.15, 0.2) is 0 Å². The molecule has 0 unspecified atom stereocenters. The summed E-state index contributed by atoms with van der Waals surface area (Å²) >= 11 is 15.1. The van der Waals surface area contributed by atoms with Crippen LogP contribution in [0.4, 0.5) is 5.69 Å². The molecule has 114 valence electrons. The first-order valence-electron chi connectivity index (χ1n) is 6.24. The highest BCUT2D eigenvalue weighted by Crippen LogP contribution is 2.25. The fourth-order valence-electron chi connectivity index (χ4n) is 1.65. The molecule has 2 aromatic rings. The van der Waals surface area contributed by atoms with E-state index in [0.29, 0.717) is 21.3 Å². The van der Waals surface area contributed by atoms with Gasteiger partial charge in [-0.1, -0.05) is 39.1 Å². The number of anilines is 1. The molecule has 0 aromatic heterocycles. The van der Waals surface area contributed by atoms with Gasteiger partial charge in [0.05, 0.1) is 17.3 Å². The van der Waals surface area contributed by atoms with Gasteiger partial charge < -0.3 is 10.6 Å². The van der Waals surface area contributed by atoms with Crippen LogP contribution in [-0.4, -0.2) is 18.4 Å². The monoisotopic (exact) mass is 400 g/mol. The predicted octanol–water partition coefficient (Wildman–Crippen LogP) is 4.12. The number of hydrogen-bond acceptors (Lipinski definition) is 2. The number of carbonyl (C=O) groups is 2. The van der Waals surface area contributed by atoms with Gasteiger partial charge >= 0.3 is 0 Å². The summed E-state index contributed by atoms with van der Waals surface area (Å²) in [6.45, 7) is -0.169. The molecule has 7 heteroatoms. The van der Waals surface area contributed by atoms with Crippen molar-refractivity contribution in [2.75, 3.05) is 11.9 Å². The SMILES string of the molecule is O=C(CNC(=O)c1ccc(Br)cc1)Nc1cc(Cl)ccc1Cl. The molecule has 0 heterocycles. The number of rotatable bonds is 4. The summed E-state index contributed by atoms with van der Waals surface area (Å²) in [5.74, 6) is -0.727. The van der Waals surface area contributed by atoms with Crippen LogP contribution in [0.5, 0.6) is 0 Å². The summed E-state index contributed by atoms with van der Waals surface area (Å²) in [7, 11) is 0. The lowest BCUT2D eigenvalue weighted by Gasteiger charge is -2.09. The van der Waals surface area contributed by atoms with Crippen molar-refractivity contribution in [3.05, 3.63) is 62.5 Å². The lowest BCUT2D eigenvalue weighted by molar-refractivity contribution is -0.115. The Balaban J connectivity index is 1.91. The van der Waals surface area contributed by atoms with Crippen molar-refractivity contribution in [3.63, 3.8) is 0 Å². The molecule has 0 aliphatic heterocycles. The number of halogens is 3. The van der Waals surface area contributed by atoms with E-state index in [-0.39, 0.29) is 12.5 Å².